The van der Waals surface area contributed by atoms with E-state index >= 15 is 0 Å². The van der Waals surface area contributed by atoms with Crippen molar-refractivity contribution in [3.8, 4) is 0 Å². The lowest BCUT2D eigenvalue weighted by Crippen LogP contribution is -2.51. The first-order valence-electron chi connectivity index (χ1n) is 7.03. The van der Waals surface area contributed by atoms with Gasteiger partial charge in [-0.15, -0.1) is 0 Å². The summed E-state index contributed by atoms with van der Waals surface area (Å²) < 4.78 is 5.34. The van der Waals surface area contributed by atoms with Gasteiger partial charge in [-0.05, 0) is 40.0 Å². The second kappa shape index (κ2) is 5.94. The highest BCUT2D eigenvalue weighted by Gasteiger charge is 2.43. The lowest BCUT2D eigenvalue weighted by molar-refractivity contribution is -0.130. The average Bonchev–Trinajstić information content (AvgIpc) is 2.29. The Balaban J connectivity index is 2.73. The molecule has 5 heteroatoms. The number of ether oxygens (including phenoxy) is 1. The largest absolute Gasteiger partial charge is 0.444 e. The number of piperidine rings is 1. The van der Waals surface area contributed by atoms with E-state index < -0.39 is 11.0 Å². The van der Waals surface area contributed by atoms with E-state index in [9.17, 15) is 14.4 Å². The first-order chi connectivity index (χ1) is 9.09. The number of carbonyl (C=O) groups excluding carboxylic acids is 3. The lowest BCUT2D eigenvalue weighted by atomic mass is 9.69. The average molecular weight is 283 g/mol. The molecule has 0 aromatic carbocycles. The Hall–Kier alpha value is -1.39. The van der Waals surface area contributed by atoms with Crippen molar-refractivity contribution in [2.24, 2.45) is 11.3 Å². The minimum Gasteiger partial charge on any atom is -0.444 e. The van der Waals surface area contributed by atoms with Crippen LogP contribution in [0.15, 0.2) is 0 Å². The molecule has 20 heavy (non-hydrogen) atoms. The van der Waals surface area contributed by atoms with Crippen LogP contribution >= 0.6 is 0 Å². The number of aldehydes is 1. The molecule has 5 nitrogen and oxygen atoms in total. The Morgan fingerprint density at radius 1 is 1.40 bits per heavy atom. The Morgan fingerprint density at radius 3 is 2.40 bits per heavy atom. The van der Waals surface area contributed by atoms with Crippen LogP contribution in [0.2, 0.25) is 0 Å². The summed E-state index contributed by atoms with van der Waals surface area (Å²) in [4.78, 5) is 36.5. The van der Waals surface area contributed by atoms with Crippen LogP contribution in [0.25, 0.3) is 0 Å². The summed E-state index contributed by atoms with van der Waals surface area (Å²) >= 11 is 0. The van der Waals surface area contributed by atoms with E-state index in [4.69, 9.17) is 4.74 Å². The van der Waals surface area contributed by atoms with Crippen molar-refractivity contribution in [2.45, 2.75) is 53.1 Å². The fourth-order valence-electron chi connectivity index (χ4n) is 2.63. The van der Waals surface area contributed by atoms with Gasteiger partial charge in [-0.3, -0.25) is 4.79 Å². The molecule has 0 N–H and O–H groups in total. The van der Waals surface area contributed by atoms with Crippen LogP contribution in [0.1, 0.15) is 47.5 Å². The summed E-state index contributed by atoms with van der Waals surface area (Å²) in [6, 6.07) is 0. The van der Waals surface area contributed by atoms with E-state index in [2.05, 4.69) is 0 Å². The predicted octanol–water partition coefficient (Wildman–Crippen LogP) is 2.43. The van der Waals surface area contributed by atoms with Gasteiger partial charge in [-0.2, -0.15) is 0 Å². The fourth-order valence-corrected chi connectivity index (χ4v) is 2.63. The van der Waals surface area contributed by atoms with Crippen molar-refractivity contribution >= 4 is 18.2 Å². The number of rotatable bonds is 3. The summed E-state index contributed by atoms with van der Waals surface area (Å²) in [6.07, 6.45) is 1.30. The minimum atomic E-state index is -0.635. The van der Waals surface area contributed by atoms with Gasteiger partial charge >= 0.3 is 6.09 Å². The molecule has 1 saturated heterocycles. The van der Waals surface area contributed by atoms with Crippen molar-refractivity contribution in [1.29, 1.82) is 0 Å². The Morgan fingerprint density at radius 2 is 2.00 bits per heavy atom. The van der Waals surface area contributed by atoms with E-state index in [1.165, 1.54) is 6.92 Å². The SMILES string of the molecule is CC(=O)CC1(C=O)CCN(C(=O)OC(C)(C)C)CC1C. The van der Waals surface area contributed by atoms with E-state index in [-0.39, 0.29) is 24.2 Å². The van der Waals surface area contributed by atoms with Crippen molar-refractivity contribution in [2.75, 3.05) is 13.1 Å². The van der Waals surface area contributed by atoms with Gasteiger partial charge in [-0.1, -0.05) is 6.92 Å². The highest BCUT2D eigenvalue weighted by Crippen LogP contribution is 2.38. The standard InChI is InChI=1S/C15H25NO4/c1-11-9-16(13(19)20-14(3,4)5)7-6-15(11,10-17)8-12(2)18/h10-11H,6-9H2,1-5H3. The number of ketones is 1. The zero-order chi connectivity index (χ0) is 15.6. The second-order valence-electron chi connectivity index (χ2n) is 6.81. The van der Waals surface area contributed by atoms with E-state index in [1.54, 1.807) is 4.90 Å². The Kier molecular flexibility index (Phi) is 4.95. The minimum absolute atomic E-state index is 0.00895. The number of Topliss-reactive ketones (excluding diaryl/α,β-unsaturated/α-hetero) is 1. The van der Waals surface area contributed by atoms with Crippen molar-refractivity contribution < 1.29 is 19.1 Å². The van der Waals surface area contributed by atoms with Gasteiger partial charge in [0.15, 0.2) is 0 Å². The number of carbonyl (C=O) groups is 3. The number of hydrogen-bond acceptors (Lipinski definition) is 4. The van der Waals surface area contributed by atoms with Crippen LogP contribution in [-0.4, -0.2) is 41.8 Å². The van der Waals surface area contributed by atoms with Crippen LogP contribution in [0.4, 0.5) is 4.79 Å². The highest BCUT2D eigenvalue weighted by atomic mass is 16.6. The predicted molar refractivity (Wildman–Crippen MR) is 75.4 cm³/mol. The van der Waals surface area contributed by atoms with Gasteiger partial charge in [0.05, 0.1) is 0 Å². The van der Waals surface area contributed by atoms with Gasteiger partial charge in [0, 0.05) is 24.9 Å². The molecule has 0 aromatic heterocycles. The first-order valence-corrected chi connectivity index (χ1v) is 7.03. The van der Waals surface area contributed by atoms with Gasteiger partial charge in [0.25, 0.3) is 0 Å². The third-order valence-electron chi connectivity index (χ3n) is 3.79. The maximum atomic E-state index is 12.0. The van der Waals surface area contributed by atoms with Crippen LogP contribution < -0.4 is 0 Å². The van der Waals surface area contributed by atoms with Gasteiger partial charge in [0.2, 0.25) is 0 Å². The normalized spacial score (nSPS) is 27.1. The highest BCUT2D eigenvalue weighted by molar-refractivity contribution is 5.81. The van der Waals surface area contributed by atoms with Crippen molar-refractivity contribution in [1.82, 2.24) is 4.90 Å². The number of hydrogen-bond donors (Lipinski definition) is 0. The van der Waals surface area contributed by atoms with Crippen LogP contribution in [0, 0.1) is 11.3 Å². The van der Waals surface area contributed by atoms with E-state index in [1.807, 2.05) is 27.7 Å². The molecule has 0 bridgehead atoms. The van der Waals surface area contributed by atoms with Crippen molar-refractivity contribution in [3.63, 3.8) is 0 Å². The molecule has 0 saturated carbocycles. The summed E-state index contributed by atoms with van der Waals surface area (Å²) in [7, 11) is 0. The summed E-state index contributed by atoms with van der Waals surface area (Å²) in [5.74, 6) is -0.0418. The zero-order valence-electron chi connectivity index (χ0n) is 13.1. The molecular weight excluding hydrogens is 258 g/mol. The number of nitrogens with zero attached hydrogens (tertiary/aromatic N) is 1. The molecule has 0 aliphatic carbocycles. The van der Waals surface area contributed by atoms with E-state index in [0.29, 0.717) is 19.5 Å². The first kappa shape index (κ1) is 16.7. The molecule has 1 amide bonds. The molecule has 0 radical (unpaired) electrons. The molecule has 1 rings (SSSR count). The molecule has 1 fully saturated rings. The summed E-state index contributed by atoms with van der Waals surface area (Å²) in [6.45, 7) is 9.77. The Labute approximate surface area is 120 Å². The van der Waals surface area contributed by atoms with Crippen LogP contribution in [-0.2, 0) is 14.3 Å². The maximum absolute atomic E-state index is 12.0. The van der Waals surface area contributed by atoms with Crippen LogP contribution in [0.5, 0.6) is 0 Å². The Bertz CT molecular complexity index is 399. The maximum Gasteiger partial charge on any atom is 0.410 e. The molecule has 1 heterocycles. The van der Waals surface area contributed by atoms with Crippen LogP contribution in [0.3, 0.4) is 0 Å². The molecule has 0 spiro atoms. The number of likely N-dealkylation sites (tertiary alicyclic amines) is 1. The lowest BCUT2D eigenvalue weighted by Gasteiger charge is -2.43. The molecule has 2 atom stereocenters. The van der Waals surface area contributed by atoms with Gasteiger partial charge < -0.3 is 14.4 Å². The molecular formula is C15H25NO4. The second-order valence-corrected chi connectivity index (χ2v) is 6.81. The van der Waals surface area contributed by atoms with Crippen molar-refractivity contribution in [3.05, 3.63) is 0 Å². The quantitative estimate of drug-likeness (QED) is 0.746. The smallest absolute Gasteiger partial charge is 0.410 e. The molecule has 0 aromatic rings. The molecule has 2 unspecified atom stereocenters. The van der Waals surface area contributed by atoms with E-state index in [0.717, 1.165) is 6.29 Å². The molecule has 1 aliphatic heterocycles. The van der Waals surface area contributed by atoms with Gasteiger partial charge in [0.1, 0.15) is 17.7 Å². The summed E-state index contributed by atoms with van der Waals surface area (Å²) in [5, 5.41) is 0. The summed E-state index contributed by atoms with van der Waals surface area (Å²) in [5.41, 5.74) is -1.16. The number of amides is 1. The molecule has 1 aliphatic rings. The zero-order valence-corrected chi connectivity index (χ0v) is 13.1. The van der Waals surface area contributed by atoms with Gasteiger partial charge in [-0.25, -0.2) is 4.79 Å². The monoisotopic (exact) mass is 283 g/mol. The fraction of sp³-hybridized carbons (Fsp3) is 0.800. The third kappa shape index (κ3) is 4.05. The topological polar surface area (TPSA) is 63.7 Å². The third-order valence-corrected chi connectivity index (χ3v) is 3.79. The molecule has 114 valence electrons.